The lowest BCUT2D eigenvalue weighted by Gasteiger charge is -2.14. The fourth-order valence-corrected chi connectivity index (χ4v) is 2.17. The molecular weight excluding hydrogens is 296 g/mol. The van der Waals surface area contributed by atoms with Gasteiger partial charge in [-0.3, -0.25) is 0 Å². The standard InChI is InChI=1S/C18H20O5/c1-12-6-4-8-15(13(12)2)22-10-11-23-17-14(18(19)20)7-5-9-16(17)21-3/h4-9H,10-11H2,1-3H3,(H,19,20). The maximum atomic E-state index is 11.3. The van der Waals surface area contributed by atoms with Gasteiger partial charge >= 0.3 is 5.97 Å². The Morgan fingerprint density at radius 1 is 1.00 bits per heavy atom. The van der Waals surface area contributed by atoms with E-state index in [1.165, 1.54) is 13.2 Å². The molecule has 0 heterocycles. The van der Waals surface area contributed by atoms with Crippen molar-refractivity contribution in [3.63, 3.8) is 0 Å². The van der Waals surface area contributed by atoms with Crippen LogP contribution in [0.5, 0.6) is 17.2 Å². The number of para-hydroxylation sites is 1. The van der Waals surface area contributed by atoms with E-state index in [2.05, 4.69) is 0 Å². The summed E-state index contributed by atoms with van der Waals surface area (Å²) in [5.41, 5.74) is 2.30. The number of aryl methyl sites for hydroxylation is 1. The molecule has 0 fully saturated rings. The molecule has 0 aliphatic rings. The van der Waals surface area contributed by atoms with Gasteiger partial charge in [-0.05, 0) is 43.2 Å². The molecule has 0 aliphatic heterocycles. The number of carboxylic acids is 1. The van der Waals surface area contributed by atoms with Crippen LogP contribution in [-0.2, 0) is 0 Å². The molecule has 2 aromatic carbocycles. The van der Waals surface area contributed by atoms with Gasteiger partial charge in [-0.1, -0.05) is 18.2 Å². The van der Waals surface area contributed by atoms with Crippen LogP contribution in [0.25, 0.3) is 0 Å². The molecule has 2 aromatic rings. The quantitative estimate of drug-likeness (QED) is 0.792. The first-order chi connectivity index (χ1) is 11.0. The predicted molar refractivity (Wildman–Crippen MR) is 86.9 cm³/mol. The summed E-state index contributed by atoms with van der Waals surface area (Å²) in [5.74, 6) is 0.338. The van der Waals surface area contributed by atoms with Crippen molar-refractivity contribution in [1.82, 2.24) is 0 Å². The zero-order valence-corrected chi connectivity index (χ0v) is 13.5. The Morgan fingerprint density at radius 3 is 2.35 bits per heavy atom. The van der Waals surface area contributed by atoms with Gasteiger partial charge < -0.3 is 19.3 Å². The van der Waals surface area contributed by atoms with E-state index in [0.29, 0.717) is 12.4 Å². The van der Waals surface area contributed by atoms with Crippen molar-refractivity contribution in [2.75, 3.05) is 20.3 Å². The highest BCUT2D eigenvalue weighted by Gasteiger charge is 2.16. The Hall–Kier alpha value is -2.69. The second-order valence-electron chi connectivity index (χ2n) is 5.04. The van der Waals surface area contributed by atoms with E-state index in [-0.39, 0.29) is 17.9 Å². The van der Waals surface area contributed by atoms with Crippen LogP contribution in [0.3, 0.4) is 0 Å². The van der Waals surface area contributed by atoms with Gasteiger partial charge in [0.15, 0.2) is 11.5 Å². The van der Waals surface area contributed by atoms with E-state index in [4.69, 9.17) is 14.2 Å². The molecule has 5 heteroatoms. The molecule has 1 N–H and O–H groups in total. The average molecular weight is 316 g/mol. The Balaban J connectivity index is 2.01. The topological polar surface area (TPSA) is 65.0 Å². The van der Waals surface area contributed by atoms with Crippen molar-refractivity contribution in [2.24, 2.45) is 0 Å². The Kier molecular flexibility index (Phi) is 5.46. The first-order valence-electron chi connectivity index (χ1n) is 7.26. The second-order valence-corrected chi connectivity index (χ2v) is 5.04. The van der Waals surface area contributed by atoms with Gasteiger partial charge in [-0.25, -0.2) is 4.79 Å². The molecular formula is C18H20O5. The van der Waals surface area contributed by atoms with Crippen LogP contribution in [-0.4, -0.2) is 31.4 Å². The van der Waals surface area contributed by atoms with Crippen molar-refractivity contribution in [2.45, 2.75) is 13.8 Å². The first kappa shape index (κ1) is 16.7. The largest absolute Gasteiger partial charge is 0.493 e. The minimum absolute atomic E-state index is 0.0658. The lowest BCUT2D eigenvalue weighted by atomic mass is 10.1. The summed E-state index contributed by atoms with van der Waals surface area (Å²) in [6, 6.07) is 10.6. The van der Waals surface area contributed by atoms with Crippen LogP contribution >= 0.6 is 0 Å². The number of carboxylic acid groups (broad SMARTS) is 1. The fourth-order valence-electron chi connectivity index (χ4n) is 2.17. The first-order valence-corrected chi connectivity index (χ1v) is 7.26. The Morgan fingerprint density at radius 2 is 1.65 bits per heavy atom. The van der Waals surface area contributed by atoms with Crippen LogP contribution in [0, 0.1) is 13.8 Å². The summed E-state index contributed by atoms with van der Waals surface area (Å²) in [6.07, 6.45) is 0. The highest BCUT2D eigenvalue weighted by atomic mass is 16.5. The van der Waals surface area contributed by atoms with E-state index < -0.39 is 5.97 Å². The van der Waals surface area contributed by atoms with Crippen molar-refractivity contribution in [3.05, 3.63) is 53.1 Å². The third kappa shape index (κ3) is 3.94. The van der Waals surface area contributed by atoms with E-state index in [0.717, 1.165) is 16.9 Å². The molecule has 5 nitrogen and oxygen atoms in total. The van der Waals surface area contributed by atoms with E-state index in [1.54, 1.807) is 12.1 Å². The number of aromatic carboxylic acids is 1. The van der Waals surface area contributed by atoms with Gasteiger partial charge in [0, 0.05) is 0 Å². The van der Waals surface area contributed by atoms with Crippen LogP contribution in [0.2, 0.25) is 0 Å². The van der Waals surface area contributed by atoms with Crippen molar-refractivity contribution < 1.29 is 24.1 Å². The maximum absolute atomic E-state index is 11.3. The molecule has 0 aromatic heterocycles. The molecule has 0 amide bonds. The van der Waals surface area contributed by atoms with E-state index in [1.807, 2.05) is 32.0 Å². The van der Waals surface area contributed by atoms with Crippen molar-refractivity contribution in [3.8, 4) is 17.2 Å². The fraction of sp³-hybridized carbons (Fsp3) is 0.278. The van der Waals surface area contributed by atoms with Gasteiger partial charge in [0.1, 0.15) is 24.5 Å². The second kappa shape index (κ2) is 7.54. The van der Waals surface area contributed by atoms with Crippen LogP contribution < -0.4 is 14.2 Å². The van der Waals surface area contributed by atoms with Gasteiger partial charge in [-0.2, -0.15) is 0 Å². The van der Waals surface area contributed by atoms with Crippen molar-refractivity contribution in [1.29, 1.82) is 0 Å². The summed E-state index contributed by atoms with van der Waals surface area (Å²) < 4.78 is 16.4. The number of hydrogen-bond acceptors (Lipinski definition) is 4. The molecule has 122 valence electrons. The van der Waals surface area contributed by atoms with Gasteiger partial charge in [0.25, 0.3) is 0 Å². The number of methoxy groups -OCH3 is 1. The van der Waals surface area contributed by atoms with Crippen LogP contribution in [0.15, 0.2) is 36.4 Å². The van der Waals surface area contributed by atoms with E-state index in [9.17, 15) is 9.90 Å². The summed E-state index contributed by atoms with van der Waals surface area (Å²) in [5, 5.41) is 9.22. The predicted octanol–water partition coefficient (Wildman–Crippen LogP) is 3.47. The number of benzene rings is 2. The summed E-state index contributed by atoms with van der Waals surface area (Å²) in [7, 11) is 1.47. The normalized spacial score (nSPS) is 10.2. The minimum Gasteiger partial charge on any atom is -0.493 e. The highest BCUT2D eigenvalue weighted by molar-refractivity contribution is 5.92. The number of carbonyl (C=O) groups is 1. The zero-order valence-electron chi connectivity index (χ0n) is 13.5. The average Bonchev–Trinajstić information content (AvgIpc) is 2.54. The third-order valence-electron chi connectivity index (χ3n) is 3.57. The zero-order chi connectivity index (χ0) is 16.8. The molecule has 0 aliphatic carbocycles. The smallest absolute Gasteiger partial charge is 0.339 e. The van der Waals surface area contributed by atoms with Crippen LogP contribution in [0.1, 0.15) is 21.5 Å². The van der Waals surface area contributed by atoms with Crippen LogP contribution in [0.4, 0.5) is 0 Å². The molecule has 0 saturated carbocycles. The molecule has 0 unspecified atom stereocenters. The highest BCUT2D eigenvalue weighted by Crippen LogP contribution is 2.31. The molecule has 0 saturated heterocycles. The Bertz CT molecular complexity index is 694. The molecule has 0 atom stereocenters. The number of ether oxygens (including phenoxy) is 3. The van der Waals surface area contributed by atoms with Gasteiger partial charge in [0.2, 0.25) is 0 Å². The lowest BCUT2D eigenvalue weighted by Crippen LogP contribution is -2.12. The van der Waals surface area contributed by atoms with Gasteiger partial charge in [-0.15, -0.1) is 0 Å². The van der Waals surface area contributed by atoms with Crippen molar-refractivity contribution >= 4 is 5.97 Å². The molecule has 0 spiro atoms. The SMILES string of the molecule is COc1cccc(C(=O)O)c1OCCOc1cccc(C)c1C. The van der Waals surface area contributed by atoms with E-state index >= 15 is 0 Å². The molecule has 0 bridgehead atoms. The Labute approximate surface area is 135 Å². The summed E-state index contributed by atoms with van der Waals surface area (Å²) in [6.45, 7) is 4.54. The maximum Gasteiger partial charge on any atom is 0.339 e. The third-order valence-corrected chi connectivity index (χ3v) is 3.57. The molecule has 2 rings (SSSR count). The minimum atomic E-state index is -1.06. The monoisotopic (exact) mass is 316 g/mol. The number of rotatable bonds is 7. The van der Waals surface area contributed by atoms with Gasteiger partial charge in [0.05, 0.1) is 7.11 Å². The number of hydrogen-bond donors (Lipinski definition) is 1. The lowest BCUT2D eigenvalue weighted by molar-refractivity contribution is 0.0690. The summed E-state index contributed by atoms with van der Waals surface area (Å²) >= 11 is 0. The molecule has 0 radical (unpaired) electrons. The summed E-state index contributed by atoms with van der Waals surface area (Å²) in [4.78, 5) is 11.3. The molecule has 23 heavy (non-hydrogen) atoms.